The monoisotopic (exact) mass is 208 g/mol. The minimum absolute atomic E-state index is 1.25. The summed E-state index contributed by atoms with van der Waals surface area (Å²) in [6.45, 7) is 0. The molecule has 0 aliphatic heterocycles. The first-order valence-corrected chi connectivity index (χ1v) is 3.15. The highest BCUT2D eigenvalue weighted by Crippen LogP contribution is 2.29. The molecular weight excluding hydrogens is 207 g/mol. The van der Waals surface area contributed by atoms with Crippen molar-refractivity contribution in [3.63, 3.8) is 0 Å². The molecule has 6 heteroatoms. The highest BCUT2D eigenvalue weighted by Gasteiger charge is 2.26. The van der Waals surface area contributed by atoms with Crippen molar-refractivity contribution in [2.75, 3.05) is 0 Å². The van der Waals surface area contributed by atoms with Gasteiger partial charge in [0.1, 0.15) is 5.56 Å². The van der Waals surface area contributed by atoms with Crippen LogP contribution in [0.3, 0.4) is 0 Å². The normalized spacial score (nSPS) is 9.71. The van der Waals surface area contributed by atoms with E-state index < -0.39 is 34.6 Å². The molecule has 1 nitrogen and oxygen atoms in total. The van der Waals surface area contributed by atoms with Crippen molar-refractivity contribution < 1.29 is 27.0 Å². The number of terminal acetylenes is 1. The molecule has 0 spiro atoms. The van der Waals surface area contributed by atoms with Crippen molar-refractivity contribution in [2.24, 2.45) is 0 Å². The topological polar surface area (TPSA) is 9.23 Å². The van der Waals surface area contributed by atoms with Crippen LogP contribution in [-0.2, 0) is 0 Å². The quantitative estimate of drug-likeness (QED) is 0.391. The van der Waals surface area contributed by atoms with Crippen LogP contribution in [0.2, 0.25) is 0 Å². The predicted octanol–water partition coefficient (Wildman–Crippen LogP) is 2.49. The van der Waals surface area contributed by atoms with Crippen LogP contribution in [0.1, 0.15) is 5.56 Å². The summed E-state index contributed by atoms with van der Waals surface area (Å²) in [5.74, 6) is -8.18. The summed E-state index contributed by atoms with van der Waals surface area (Å²) in [6, 6.07) is 0. The SMILES string of the molecule is C#Cc1c(F)c(F)c(OF)c(F)c1F. The van der Waals surface area contributed by atoms with E-state index >= 15 is 0 Å². The molecule has 1 rings (SSSR count). The molecule has 1 aromatic carbocycles. The van der Waals surface area contributed by atoms with E-state index in [1.807, 2.05) is 0 Å². The fraction of sp³-hybridized carbons (Fsp3) is 0. The number of hydrogen-bond acceptors (Lipinski definition) is 1. The van der Waals surface area contributed by atoms with E-state index in [2.05, 4.69) is 11.4 Å². The number of halogens is 5. The number of rotatable bonds is 1. The maximum atomic E-state index is 12.7. The van der Waals surface area contributed by atoms with E-state index in [0.717, 1.165) is 0 Å². The number of benzene rings is 1. The summed E-state index contributed by atoms with van der Waals surface area (Å²) >= 11 is 0. The minimum atomic E-state index is -2.01. The molecule has 0 aliphatic carbocycles. The average Bonchev–Trinajstić information content (AvgIpc) is 2.17. The van der Waals surface area contributed by atoms with Crippen LogP contribution >= 0.6 is 0 Å². The molecule has 0 bridgehead atoms. The fourth-order valence-electron chi connectivity index (χ4n) is 0.806. The van der Waals surface area contributed by atoms with Gasteiger partial charge in [0.25, 0.3) is 0 Å². The lowest BCUT2D eigenvalue weighted by atomic mass is 10.2. The molecule has 74 valence electrons. The Balaban J connectivity index is 3.66. The lowest BCUT2D eigenvalue weighted by molar-refractivity contribution is -0.0169. The van der Waals surface area contributed by atoms with Gasteiger partial charge in [0, 0.05) is 4.53 Å². The van der Waals surface area contributed by atoms with Crippen LogP contribution in [0, 0.1) is 35.6 Å². The first-order valence-electron chi connectivity index (χ1n) is 3.15. The molecule has 0 atom stereocenters. The zero-order chi connectivity index (χ0) is 10.9. The Morgan fingerprint density at radius 2 is 1.36 bits per heavy atom. The third kappa shape index (κ3) is 1.27. The summed E-state index contributed by atoms with van der Waals surface area (Å²) in [7, 11) is 0. The van der Waals surface area contributed by atoms with Gasteiger partial charge in [-0.1, -0.05) is 5.92 Å². The molecule has 0 N–H and O–H groups in total. The molecule has 0 radical (unpaired) electrons. The standard InChI is InChI=1S/C8HF5O/c1-2-3-4(9)6(11)8(14-13)7(12)5(3)10/h1H. The molecular formula is C8HF5O. The fourth-order valence-corrected chi connectivity index (χ4v) is 0.806. The Kier molecular flexibility index (Phi) is 2.60. The second-order valence-electron chi connectivity index (χ2n) is 2.18. The van der Waals surface area contributed by atoms with Crippen molar-refractivity contribution in [2.45, 2.75) is 0 Å². The van der Waals surface area contributed by atoms with Crippen LogP contribution in [0.4, 0.5) is 22.1 Å². The van der Waals surface area contributed by atoms with Gasteiger partial charge in [-0.05, 0) is 0 Å². The summed E-state index contributed by atoms with van der Waals surface area (Å²) < 4.78 is 62.2. The Labute approximate surface area is 75.0 Å². The maximum Gasteiger partial charge on any atom is 0.249 e. The van der Waals surface area contributed by atoms with Gasteiger partial charge in [-0.25, -0.2) is 8.78 Å². The van der Waals surface area contributed by atoms with Crippen LogP contribution in [0.15, 0.2) is 0 Å². The van der Waals surface area contributed by atoms with E-state index in [9.17, 15) is 22.1 Å². The summed E-state index contributed by atoms with van der Waals surface area (Å²) in [5, 5.41) is 0. The van der Waals surface area contributed by atoms with Gasteiger partial charge in [-0.15, -0.1) is 6.42 Å². The molecule has 0 fully saturated rings. The van der Waals surface area contributed by atoms with E-state index in [-0.39, 0.29) is 0 Å². The molecule has 0 heterocycles. The predicted molar refractivity (Wildman–Crippen MR) is 35.9 cm³/mol. The summed E-state index contributed by atoms with van der Waals surface area (Å²) in [5.41, 5.74) is -1.25. The van der Waals surface area contributed by atoms with Gasteiger partial charge < -0.3 is 0 Å². The van der Waals surface area contributed by atoms with E-state index in [1.54, 1.807) is 0 Å². The van der Waals surface area contributed by atoms with Gasteiger partial charge in [0.2, 0.25) is 17.4 Å². The Bertz CT molecular complexity index is 384. The molecule has 14 heavy (non-hydrogen) atoms. The van der Waals surface area contributed by atoms with Crippen molar-refractivity contribution in [1.29, 1.82) is 0 Å². The van der Waals surface area contributed by atoms with E-state index in [0.29, 0.717) is 0 Å². The van der Waals surface area contributed by atoms with Gasteiger partial charge >= 0.3 is 0 Å². The molecule has 1 aromatic rings. The van der Waals surface area contributed by atoms with Crippen molar-refractivity contribution in [1.82, 2.24) is 0 Å². The van der Waals surface area contributed by atoms with E-state index in [1.165, 1.54) is 5.92 Å². The highest BCUT2D eigenvalue weighted by atomic mass is 19.3. The zero-order valence-corrected chi connectivity index (χ0v) is 6.38. The van der Waals surface area contributed by atoms with Crippen molar-refractivity contribution >= 4 is 0 Å². The van der Waals surface area contributed by atoms with Gasteiger partial charge in [-0.2, -0.15) is 8.78 Å². The third-order valence-electron chi connectivity index (χ3n) is 1.44. The molecule has 0 unspecified atom stereocenters. The lowest BCUT2D eigenvalue weighted by Gasteiger charge is -2.03. The van der Waals surface area contributed by atoms with Crippen LogP contribution in [-0.4, -0.2) is 0 Å². The zero-order valence-electron chi connectivity index (χ0n) is 6.38. The highest BCUT2D eigenvalue weighted by molar-refractivity contribution is 5.42. The molecule has 0 aliphatic rings. The largest absolute Gasteiger partial charge is 0.288 e. The Hall–Kier alpha value is -1.77. The maximum absolute atomic E-state index is 12.7. The Morgan fingerprint density at radius 3 is 1.64 bits per heavy atom. The van der Waals surface area contributed by atoms with Gasteiger partial charge in [0.05, 0.1) is 0 Å². The van der Waals surface area contributed by atoms with Crippen molar-refractivity contribution in [3.8, 4) is 18.1 Å². The minimum Gasteiger partial charge on any atom is -0.288 e. The van der Waals surface area contributed by atoms with Crippen molar-refractivity contribution in [3.05, 3.63) is 28.8 Å². The van der Waals surface area contributed by atoms with Crippen LogP contribution in [0.25, 0.3) is 0 Å². The summed E-state index contributed by atoms with van der Waals surface area (Å²) in [6.07, 6.45) is 4.58. The van der Waals surface area contributed by atoms with E-state index in [4.69, 9.17) is 0 Å². The molecule has 0 aromatic heterocycles. The second-order valence-corrected chi connectivity index (χ2v) is 2.18. The van der Waals surface area contributed by atoms with Crippen LogP contribution in [0.5, 0.6) is 5.75 Å². The first-order chi connectivity index (χ1) is 6.54. The second kappa shape index (κ2) is 3.54. The molecule has 0 saturated carbocycles. The summed E-state index contributed by atoms with van der Waals surface area (Å²) in [4.78, 5) is 2.64. The lowest BCUT2D eigenvalue weighted by Crippen LogP contribution is -2.02. The van der Waals surface area contributed by atoms with Gasteiger partial charge in [-0.3, -0.25) is 4.94 Å². The smallest absolute Gasteiger partial charge is 0.249 e. The average molecular weight is 208 g/mol. The molecule has 0 saturated heterocycles. The third-order valence-corrected chi connectivity index (χ3v) is 1.44. The van der Waals surface area contributed by atoms with Crippen LogP contribution < -0.4 is 4.94 Å². The Morgan fingerprint density at radius 1 is 0.929 bits per heavy atom. The van der Waals surface area contributed by atoms with Gasteiger partial charge in [0.15, 0.2) is 11.6 Å². The molecule has 0 amide bonds. The number of hydrogen-bond donors (Lipinski definition) is 0. The first kappa shape index (κ1) is 10.3.